The van der Waals surface area contributed by atoms with Crippen molar-refractivity contribution in [1.29, 1.82) is 0 Å². The van der Waals surface area contributed by atoms with Gasteiger partial charge in [-0.2, -0.15) is 0 Å². The molecule has 5 N–H and O–H groups in total. The molecule has 1 rings (SSSR count). The highest BCUT2D eigenvalue weighted by atomic mass is 16.4. The molecule has 0 aromatic carbocycles. The summed E-state index contributed by atoms with van der Waals surface area (Å²) in [6.07, 6.45) is -1.18. The van der Waals surface area contributed by atoms with Gasteiger partial charge in [0.25, 0.3) is 0 Å². The second-order valence-electron chi connectivity index (χ2n) is 4.33. The normalized spacial score (nSPS) is 21.3. The van der Waals surface area contributed by atoms with E-state index in [9.17, 15) is 19.5 Å². The molecule has 0 saturated carbocycles. The summed E-state index contributed by atoms with van der Waals surface area (Å²) in [5, 5.41) is 39.8. The van der Waals surface area contributed by atoms with Crippen LogP contribution in [-0.2, 0) is 14.4 Å². The Morgan fingerprint density at radius 2 is 1.68 bits per heavy atom. The third-order valence-corrected chi connectivity index (χ3v) is 2.99. The minimum Gasteiger partial charge on any atom is -0.481 e. The summed E-state index contributed by atoms with van der Waals surface area (Å²) in [5.74, 6) is -5.00. The van der Waals surface area contributed by atoms with Crippen molar-refractivity contribution in [3.63, 3.8) is 0 Å². The molecule has 9 heteroatoms. The summed E-state index contributed by atoms with van der Waals surface area (Å²) >= 11 is 0. The molecule has 0 aliphatic carbocycles. The molecular weight excluding hydrogens is 260 g/mol. The fourth-order valence-electron chi connectivity index (χ4n) is 2.12. The van der Waals surface area contributed by atoms with E-state index >= 15 is 0 Å². The number of hydrogen-bond donors (Lipinski definition) is 5. The van der Waals surface area contributed by atoms with Crippen LogP contribution in [0.5, 0.6) is 0 Å². The van der Waals surface area contributed by atoms with Gasteiger partial charge in [-0.15, -0.1) is 0 Å². The van der Waals surface area contributed by atoms with E-state index in [1.807, 2.05) is 0 Å². The first kappa shape index (κ1) is 15.3. The number of piperazine rings is 1. The predicted molar refractivity (Wildman–Crippen MR) is 60.7 cm³/mol. The Kier molecular flexibility index (Phi) is 4.81. The zero-order valence-electron chi connectivity index (χ0n) is 10.1. The van der Waals surface area contributed by atoms with Gasteiger partial charge in [-0.05, 0) is 0 Å². The van der Waals surface area contributed by atoms with E-state index in [1.54, 1.807) is 0 Å². The molecule has 108 valence electrons. The van der Waals surface area contributed by atoms with Gasteiger partial charge in [0.1, 0.15) is 6.04 Å². The minimum absolute atomic E-state index is 0.214. The number of aliphatic carboxylic acids is 3. The van der Waals surface area contributed by atoms with Crippen molar-refractivity contribution >= 4 is 17.9 Å². The Labute approximate surface area is 108 Å². The van der Waals surface area contributed by atoms with Crippen LogP contribution in [0.1, 0.15) is 6.42 Å². The first-order valence-electron chi connectivity index (χ1n) is 5.64. The fourth-order valence-corrected chi connectivity index (χ4v) is 2.12. The molecule has 1 saturated heterocycles. The molecule has 0 aromatic rings. The smallest absolute Gasteiger partial charge is 0.338 e. The lowest BCUT2D eigenvalue weighted by molar-refractivity contribution is -0.181. The minimum atomic E-state index is -2.87. The van der Waals surface area contributed by atoms with Crippen LogP contribution in [0, 0.1) is 0 Å². The quantitative estimate of drug-likeness (QED) is 0.359. The SMILES string of the molecule is O=C(O)CC(O)(C(=O)O)C(C(=O)O)N1CCNCC1. The zero-order chi connectivity index (χ0) is 14.6. The van der Waals surface area contributed by atoms with E-state index in [-0.39, 0.29) is 13.1 Å². The number of aliphatic hydroxyl groups is 1. The number of nitrogens with zero attached hydrogens (tertiary/aromatic N) is 1. The van der Waals surface area contributed by atoms with Gasteiger partial charge in [-0.1, -0.05) is 0 Å². The number of carbonyl (C=O) groups is 3. The number of carboxylic acid groups (broad SMARTS) is 3. The van der Waals surface area contributed by atoms with Crippen molar-refractivity contribution in [1.82, 2.24) is 10.2 Å². The van der Waals surface area contributed by atoms with Gasteiger partial charge in [0.05, 0.1) is 6.42 Å². The number of rotatable bonds is 6. The van der Waals surface area contributed by atoms with Crippen LogP contribution in [-0.4, -0.2) is 81.1 Å². The van der Waals surface area contributed by atoms with Crippen LogP contribution in [0.3, 0.4) is 0 Å². The largest absolute Gasteiger partial charge is 0.481 e. The Balaban J connectivity index is 3.07. The van der Waals surface area contributed by atoms with Gasteiger partial charge < -0.3 is 25.7 Å². The van der Waals surface area contributed by atoms with Crippen LogP contribution in [0.25, 0.3) is 0 Å². The standard InChI is InChI=1S/C10H16N2O7/c13-6(14)5-10(19,9(17)18)7(8(15)16)12-3-1-11-2-4-12/h7,11,19H,1-5H2,(H,13,14)(H,15,16)(H,17,18). The van der Waals surface area contributed by atoms with E-state index in [4.69, 9.17) is 15.3 Å². The lowest BCUT2D eigenvalue weighted by Crippen LogP contribution is -2.64. The molecule has 9 nitrogen and oxygen atoms in total. The van der Waals surface area contributed by atoms with Crippen molar-refractivity contribution in [2.24, 2.45) is 0 Å². The van der Waals surface area contributed by atoms with Crippen LogP contribution in [0.4, 0.5) is 0 Å². The van der Waals surface area contributed by atoms with Crippen molar-refractivity contribution < 1.29 is 34.8 Å². The Hall–Kier alpha value is -1.71. The third kappa shape index (κ3) is 3.40. The molecular formula is C10H16N2O7. The van der Waals surface area contributed by atoms with E-state index < -0.39 is 36.0 Å². The summed E-state index contributed by atoms with van der Waals surface area (Å²) in [6.45, 7) is 1.30. The molecule has 19 heavy (non-hydrogen) atoms. The first-order valence-corrected chi connectivity index (χ1v) is 5.64. The number of hydrogen-bond acceptors (Lipinski definition) is 6. The average molecular weight is 276 g/mol. The summed E-state index contributed by atoms with van der Waals surface area (Å²) in [4.78, 5) is 34.3. The fraction of sp³-hybridized carbons (Fsp3) is 0.700. The molecule has 0 bridgehead atoms. The van der Waals surface area contributed by atoms with Gasteiger partial charge in [-0.3, -0.25) is 14.5 Å². The van der Waals surface area contributed by atoms with Crippen LogP contribution < -0.4 is 5.32 Å². The van der Waals surface area contributed by atoms with E-state index in [2.05, 4.69) is 5.32 Å². The van der Waals surface area contributed by atoms with E-state index in [0.29, 0.717) is 13.1 Å². The number of nitrogens with one attached hydrogen (secondary N) is 1. The second kappa shape index (κ2) is 5.95. The van der Waals surface area contributed by atoms with Crippen LogP contribution in [0.15, 0.2) is 0 Å². The van der Waals surface area contributed by atoms with Gasteiger partial charge in [-0.25, -0.2) is 4.79 Å². The summed E-state index contributed by atoms with van der Waals surface area (Å²) < 4.78 is 0. The Morgan fingerprint density at radius 3 is 2.05 bits per heavy atom. The van der Waals surface area contributed by atoms with Gasteiger partial charge in [0.15, 0.2) is 5.60 Å². The first-order chi connectivity index (χ1) is 8.79. The lowest BCUT2D eigenvalue weighted by Gasteiger charge is -2.38. The number of carboxylic acids is 3. The highest BCUT2D eigenvalue weighted by molar-refractivity contribution is 5.91. The molecule has 1 fully saturated rings. The monoisotopic (exact) mass is 276 g/mol. The van der Waals surface area contributed by atoms with Crippen LogP contribution in [0.2, 0.25) is 0 Å². The topological polar surface area (TPSA) is 147 Å². The molecule has 0 aromatic heterocycles. The molecule has 0 amide bonds. The lowest BCUT2D eigenvalue weighted by atomic mass is 9.88. The van der Waals surface area contributed by atoms with E-state index in [0.717, 1.165) is 0 Å². The maximum Gasteiger partial charge on any atom is 0.338 e. The van der Waals surface area contributed by atoms with Crippen molar-refractivity contribution in [2.45, 2.75) is 18.1 Å². The predicted octanol–water partition coefficient (Wildman–Crippen LogP) is -2.36. The van der Waals surface area contributed by atoms with Gasteiger partial charge in [0, 0.05) is 26.2 Å². The molecule has 1 heterocycles. The van der Waals surface area contributed by atoms with Crippen molar-refractivity contribution in [3.8, 4) is 0 Å². The summed E-state index contributed by atoms with van der Waals surface area (Å²) in [5.41, 5.74) is -2.87. The third-order valence-electron chi connectivity index (χ3n) is 2.99. The van der Waals surface area contributed by atoms with E-state index in [1.165, 1.54) is 4.90 Å². The second-order valence-corrected chi connectivity index (χ2v) is 4.33. The molecule has 2 atom stereocenters. The van der Waals surface area contributed by atoms with Gasteiger partial charge in [0.2, 0.25) is 0 Å². The van der Waals surface area contributed by atoms with Crippen LogP contribution >= 0.6 is 0 Å². The summed E-state index contributed by atoms with van der Waals surface area (Å²) in [7, 11) is 0. The molecule has 2 unspecified atom stereocenters. The maximum atomic E-state index is 11.3. The average Bonchev–Trinajstić information content (AvgIpc) is 2.28. The highest BCUT2D eigenvalue weighted by Crippen LogP contribution is 2.22. The highest BCUT2D eigenvalue weighted by Gasteiger charge is 2.52. The van der Waals surface area contributed by atoms with Gasteiger partial charge >= 0.3 is 17.9 Å². The maximum absolute atomic E-state index is 11.3. The Morgan fingerprint density at radius 1 is 1.16 bits per heavy atom. The summed E-state index contributed by atoms with van der Waals surface area (Å²) in [6, 6.07) is -1.80. The molecule has 0 radical (unpaired) electrons. The Bertz CT molecular complexity index is 380. The molecule has 0 spiro atoms. The molecule has 1 aliphatic heterocycles. The zero-order valence-corrected chi connectivity index (χ0v) is 10.1. The van der Waals surface area contributed by atoms with Crippen molar-refractivity contribution in [2.75, 3.05) is 26.2 Å². The van der Waals surface area contributed by atoms with Crippen molar-refractivity contribution in [3.05, 3.63) is 0 Å². The molecule has 1 aliphatic rings.